The number of nitro benzene ring substituents is 1. The molecule has 0 saturated carbocycles. The first-order chi connectivity index (χ1) is 14.4. The van der Waals surface area contributed by atoms with Crippen molar-refractivity contribution in [2.45, 2.75) is 26.1 Å². The van der Waals surface area contributed by atoms with Gasteiger partial charge in [-0.25, -0.2) is 4.79 Å². The Labute approximate surface area is 169 Å². The van der Waals surface area contributed by atoms with Gasteiger partial charge in [-0.15, -0.1) is 10.2 Å². The lowest BCUT2D eigenvalue weighted by molar-refractivity contribution is -0.386. The second-order valence-electron chi connectivity index (χ2n) is 6.31. The number of hydrogen-bond acceptors (Lipinski definition) is 9. The van der Waals surface area contributed by atoms with E-state index in [2.05, 4.69) is 14.9 Å². The van der Waals surface area contributed by atoms with Crippen LogP contribution in [-0.4, -0.2) is 47.9 Å². The molecule has 2 heterocycles. The SMILES string of the molecule is COc1cc(COC(=O)c2ccc(N3CCCC3)nn2)c([N+](=O)[O-])cc1OC(F)F. The van der Waals surface area contributed by atoms with Gasteiger partial charge in [-0.05, 0) is 31.0 Å². The Hall–Kier alpha value is -3.57. The van der Waals surface area contributed by atoms with Crippen molar-refractivity contribution in [3.8, 4) is 11.5 Å². The molecule has 1 aliphatic rings. The molecule has 0 amide bonds. The van der Waals surface area contributed by atoms with Gasteiger partial charge in [-0.1, -0.05) is 0 Å². The Kier molecular flexibility index (Phi) is 6.54. The molecule has 3 rings (SSSR count). The number of methoxy groups -OCH3 is 1. The number of anilines is 1. The molecule has 160 valence electrons. The number of nitrogens with zero attached hydrogens (tertiary/aromatic N) is 4. The summed E-state index contributed by atoms with van der Waals surface area (Å²) < 4.78 is 39.3. The Morgan fingerprint density at radius 2 is 1.97 bits per heavy atom. The number of rotatable bonds is 8. The zero-order valence-corrected chi connectivity index (χ0v) is 15.9. The molecule has 2 aromatic rings. The van der Waals surface area contributed by atoms with E-state index in [1.54, 1.807) is 6.07 Å². The van der Waals surface area contributed by atoms with Gasteiger partial charge in [0, 0.05) is 13.1 Å². The third-order valence-corrected chi connectivity index (χ3v) is 4.43. The number of hydrogen-bond donors (Lipinski definition) is 0. The van der Waals surface area contributed by atoms with E-state index in [1.165, 1.54) is 13.2 Å². The zero-order valence-electron chi connectivity index (χ0n) is 15.9. The molecular weight excluding hydrogens is 406 g/mol. The Bertz CT molecular complexity index is 920. The lowest BCUT2D eigenvalue weighted by Gasteiger charge is -2.15. The molecule has 1 fully saturated rings. The Balaban J connectivity index is 1.73. The van der Waals surface area contributed by atoms with Crippen molar-refractivity contribution in [2.24, 2.45) is 0 Å². The van der Waals surface area contributed by atoms with Gasteiger partial charge in [0.25, 0.3) is 5.69 Å². The maximum Gasteiger partial charge on any atom is 0.387 e. The molecule has 0 bridgehead atoms. The quantitative estimate of drug-likeness (QED) is 0.358. The van der Waals surface area contributed by atoms with E-state index in [1.807, 2.05) is 4.90 Å². The molecule has 10 nitrogen and oxygen atoms in total. The fourth-order valence-corrected chi connectivity index (χ4v) is 2.99. The topological polar surface area (TPSA) is 117 Å². The number of ether oxygens (including phenoxy) is 3. The van der Waals surface area contributed by atoms with E-state index >= 15 is 0 Å². The number of aromatic nitrogens is 2. The number of esters is 1. The van der Waals surface area contributed by atoms with Crippen LogP contribution in [0.2, 0.25) is 0 Å². The molecule has 12 heteroatoms. The van der Waals surface area contributed by atoms with Crippen LogP contribution >= 0.6 is 0 Å². The summed E-state index contributed by atoms with van der Waals surface area (Å²) in [6, 6.07) is 5.00. The van der Waals surface area contributed by atoms with Crippen LogP contribution in [0.3, 0.4) is 0 Å². The molecular formula is C18H18F2N4O6. The fraction of sp³-hybridized carbons (Fsp3) is 0.389. The van der Waals surface area contributed by atoms with Gasteiger partial charge in [-0.3, -0.25) is 10.1 Å². The van der Waals surface area contributed by atoms with E-state index < -0.39 is 35.5 Å². The van der Waals surface area contributed by atoms with Crippen LogP contribution in [-0.2, 0) is 11.3 Å². The number of halogens is 2. The van der Waals surface area contributed by atoms with Crippen molar-refractivity contribution in [2.75, 3.05) is 25.1 Å². The van der Waals surface area contributed by atoms with E-state index in [0.29, 0.717) is 5.82 Å². The lowest BCUT2D eigenvalue weighted by atomic mass is 10.1. The molecule has 0 aliphatic carbocycles. The third-order valence-electron chi connectivity index (χ3n) is 4.43. The molecule has 0 atom stereocenters. The summed E-state index contributed by atoms with van der Waals surface area (Å²) in [6.07, 6.45) is 2.13. The van der Waals surface area contributed by atoms with Crippen molar-refractivity contribution in [1.29, 1.82) is 0 Å². The average Bonchev–Trinajstić information content (AvgIpc) is 3.26. The predicted octanol–water partition coefficient (Wildman–Crippen LogP) is 2.95. The van der Waals surface area contributed by atoms with Gasteiger partial charge in [0.05, 0.1) is 23.7 Å². The highest BCUT2D eigenvalue weighted by Crippen LogP contribution is 2.36. The van der Waals surface area contributed by atoms with E-state index in [9.17, 15) is 23.7 Å². The van der Waals surface area contributed by atoms with Crippen LogP contribution in [0.25, 0.3) is 0 Å². The highest BCUT2D eigenvalue weighted by molar-refractivity contribution is 5.87. The largest absolute Gasteiger partial charge is 0.493 e. The summed E-state index contributed by atoms with van der Waals surface area (Å²) in [4.78, 5) is 24.8. The lowest BCUT2D eigenvalue weighted by Crippen LogP contribution is -2.20. The number of nitro groups is 1. The maximum absolute atomic E-state index is 12.5. The van der Waals surface area contributed by atoms with Crippen molar-refractivity contribution < 1.29 is 32.7 Å². The van der Waals surface area contributed by atoms with Crippen LogP contribution in [0, 0.1) is 10.1 Å². The zero-order chi connectivity index (χ0) is 21.7. The van der Waals surface area contributed by atoms with E-state index in [-0.39, 0.29) is 17.0 Å². The number of alkyl halides is 2. The second kappa shape index (κ2) is 9.29. The molecule has 30 heavy (non-hydrogen) atoms. The molecule has 1 aliphatic heterocycles. The summed E-state index contributed by atoms with van der Waals surface area (Å²) >= 11 is 0. The minimum absolute atomic E-state index is 0.0616. The van der Waals surface area contributed by atoms with Crippen molar-refractivity contribution in [3.63, 3.8) is 0 Å². The number of carbonyl (C=O) groups excluding carboxylic acids is 1. The summed E-state index contributed by atoms with van der Waals surface area (Å²) in [5, 5.41) is 19.1. The van der Waals surface area contributed by atoms with E-state index in [4.69, 9.17) is 9.47 Å². The van der Waals surface area contributed by atoms with E-state index in [0.717, 1.165) is 38.1 Å². The maximum atomic E-state index is 12.5. The molecule has 1 aromatic carbocycles. The number of carbonyl (C=O) groups is 1. The normalized spacial score (nSPS) is 13.4. The summed E-state index contributed by atoms with van der Waals surface area (Å²) in [6.45, 7) is -1.95. The molecule has 0 radical (unpaired) electrons. The van der Waals surface area contributed by atoms with Gasteiger partial charge >= 0.3 is 12.6 Å². The summed E-state index contributed by atoms with van der Waals surface area (Å²) in [5.74, 6) is -0.852. The fourth-order valence-electron chi connectivity index (χ4n) is 2.99. The van der Waals surface area contributed by atoms with Crippen LogP contribution in [0.4, 0.5) is 20.3 Å². The van der Waals surface area contributed by atoms with Crippen LogP contribution in [0.5, 0.6) is 11.5 Å². The van der Waals surface area contributed by atoms with Crippen LogP contribution in [0.1, 0.15) is 28.9 Å². The minimum atomic E-state index is -3.19. The van der Waals surface area contributed by atoms with Gasteiger partial charge in [0.2, 0.25) is 0 Å². The van der Waals surface area contributed by atoms with Gasteiger partial charge in [0.1, 0.15) is 6.61 Å². The first-order valence-corrected chi connectivity index (χ1v) is 8.95. The van der Waals surface area contributed by atoms with Crippen LogP contribution < -0.4 is 14.4 Å². The monoisotopic (exact) mass is 424 g/mol. The Morgan fingerprint density at radius 3 is 2.53 bits per heavy atom. The molecule has 1 saturated heterocycles. The highest BCUT2D eigenvalue weighted by Gasteiger charge is 2.23. The first-order valence-electron chi connectivity index (χ1n) is 8.95. The van der Waals surface area contributed by atoms with Gasteiger partial charge < -0.3 is 19.1 Å². The minimum Gasteiger partial charge on any atom is -0.493 e. The smallest absolute Gasteiger partial charge is 0.387 e. The number of benzene rings is 1. The Morgan fingerprint density at radius 1 is 1.23 bits per heavy atom. The summed E-state index contributed by atoms with van der Waals surface area (Å²) in [5.41, 5.74) is -0.687. The predicted molar refractivity (Wildman–Crippen MR) is 98.9 cm³/mol. The third kappa shape index (κ3) is 4.88. The molecule has 0 unspecified atom stereocenters. The standard InChI is InChI=1S/C18H18F2N4O6/c1-28-14-8-11(13(24(26)27)9-15(14)30-18(19)20)10-29-17(25)12-4-5-16(22-21-12)23-6-2-3-7-23/h4-5,8-9,18H,2-3,6-7,10H2,1H3. The second-order valence-corrected chi connectivity index (χ2v) is 6.31. The highest BCUT2D eigenvalue weighted by atomic mass is 19.3. The molecule has 0 spiro atoms. The average molecular weight is 424 g/mol. The molecule has 0 N–H and O–H groups in total. The van der Waals surface area contributed by atoms with Crippen LogP contribution in [0.15, 0.2) is 24.3 Å². The van der Waals surface area contributed by atoms with Crippen molar-refractivity contribution in [1.82, 2.24) is 10.2 Å². The van der Waals surface area contributed by atoms with Gasteiger partial charge in [0.15, 0.2) is 23.0 Å². The molecule has 1 aromatic heterocycles. The van der Waals surface area contributed by atoms with Crippen molar-refractivity contribution in [3.05, 3.63) is 45.6 Å². The first kappa shape index (κ1) is 21.1. The van der Waals surface area contributed by atoms with Crippen molar-refractivity contribution >= 4 is 17.5 Å². The summed E-state index contributed by atoms with van der Waals surface area (Å²) in [7, 11) is 1.19. The van der Waals surface area contributed by atoms with Gasteiger partial charge in [-0.2, -0.15) is 8.78 Å².